The van der Waals surface area contributed by atoms with Crippen LogP contribution in [0.4, 0.5) is 0 Å². The summed E-state index contributed by atoms with van der Waals surface area (Å²) in [6, 6.07) is 0.623. The number of phenolic OH excluding ortho intramolecular Hbond substituents is 1. The lowest BCUT2D eigenvalue weighted by Crippen LogP contribution is -2.58. The van der Waals surface area contributed by atoms with E-state index in [1.54, 1.807) is 0 Å². The van der Waals surface area contributed by atoms with Gasteiger partial charge in [-0.3, -0.25) is 19.2 Å². The van der Waals surface area contributed by atoms with Gasteiger partial charge in [-0.1, -0.05) is 26.0 Å². The van der Waals surface area contributed by atoms with Crippen LogP contribution in [0.5, 0.6) is 5.75 Å². The van der Waals surface area contributed by atoms with Crippen LogP contribution in [0.25, 0.3) is 0 Å². The molecule has 0 bridgehead atoms. The largest absolute Gasteiger partial charge is 0.508 e. The minimum atomic E-state index is -1.61. The van der Waals surface area contributed by atoms with Gasteiger partial charge in [0, 0.05) is 12.8 Å². The summed E-state index contributed by atoms with van der Waals surface area (Å²) in [6.45, 7) is 2.85. The molecule has 0 radical (unpaired) electrons. The monoisotopic (exact) mass is 509 g/mol. The smallest absolute Gasteiger partial charge is 0.328 e. The number of nitrogens with two attached hydrogens (primary N) is 2. The molecular formula is C23H35N5O8. The molecule has 1 rings (SSSR count). The number of hydrogen-bond acceptors (Lipinski definition) is 8. The number of primary amides is 1. The Morgan fingerprint density at radius 1 is 0.889 bits per heavy atom. The summed E-state index contributed by atoms with van der Waals surface area (Å²) in [4.78, 5) is 61.0. The number of hydrogen-bond donors (Lipinski definition) is 8. The third-order valence-electron chi connectivity index (χ3n) is 5.18. The summed E-state index contributed by atoms with van der Waals surface area (Å²) >= 11 is 0. The van der Waals surface area contributed by atoms with Gasteiger partial charge in [0.05, 0.1) is 12.6 Å². The number of carbonyl (C=O) groups is 5. The van der Waals surface area contributed by atoms with E-state index in [2.05, 4.69) is 16.0 Å². The number of carbonyl (C=O) groups excluding carboxylic acids is 4. The highest BCUT2D eigenvalue weighted by Crippen LogP contribution is 2.12. The van der Waals surface area contributed by atoms with Crippen molar-refractivity contribution in [3.63, 3.8) is 0 Å². The normalized spacial score (nSPS) is 14.2. The highest BCUT2D eigenvalue weighted by atomic mass is 16.4. The average molecular weight is 510 g/mol. The zero-order valence-electron chi connectivity index (χ0n) is 20.3. The molecule has 0 aliphatic rings. The molecule has 0 aromatic heterocycles. The number of amides is 4. The minimum absolute atomic E-state index is 0.0260. The van der Waals surface area contributed by atoms with Gasteiger partial charge in [-0.2, -0.15) is 0 Å². The predicted molar refractivity (Wildman–Crippen MR) is 128 cm³/mol. The Balaban J connectivity index is 3.13. The summed E-state index contributed by atoms with van der Waals surface area (Å²) in [5, 5.41) is 34.9. The van der Waals surface area contributed by atoms with Crippen LogP contribution in [0.1, 0.15) is 38.7 Å². The summed E-state index contributed by atoms with van der Waals surface area (Å²) in [7, 11) is 0. The molecule has 36 heavy (non-hydrogen) atoms. The molecule has 1 aromatic carbocycles. The lowest BCUT2D eigenvalue weighted by molar-refractivity contribution is -0.143. The third-order valence-corrected chi connectivity index (χ3v) is 5.18. The van der Waals surface area contributed by atoms with E-state index in [0.29, 0.717) is 12.0 Å². The maximum absolute atomic E-state index is 13.1. The van der Waals surface area contributed by atoms with Gasteiger partial charge in [-0.15, -0.1) is 0 Å². The lowest BCUT2D eigenvalue weighted by atomic mass is 10.0. The number of benzene rings is 1. The zero-order chi connectivity index (χ0) is 27.4. The molecule has 13 heteroatoms. The molecule has 0 heterocycles. The Kier molecular flexibility index (Phi) is 12.3. The quantitative estimate of drug-likeness (QED) is 0.132. The topological polar surface area (TPSA) is 234 Å². The molecule has 0 saturated carbocycles. The van der Waals surface area contributed by atoms with Gasteiger partial charge < -0.3 is 42.7 Å². The van der Waals surface area contributed by atoms with Crippen LogP contribution in [0.15, 0.2) is 24.3 Å². The molecule has 200 valence electrons. The maximum Gasteiger partial charge on any atom is 0.328 e. The predicted octanol–water partition coefficient (Wildman–Crippen LogP) is -1.90. The second-order valence-corrected chi connectivity index (χ2v) is 8.82. The third kappa shape index (κ3) is 10.7. The first-order valence-electron chi connectivity index (χ1n) is 11.4. The van der Waals surface area contributed by atoms with Crippen LogP contribution in [0.3, 0.4) is 0 Å². The summed E-state index contributed by atoms with van der Waals surface area (Å²) in [6.07, 6.45) is -0.167. The van der Waals surface area contributed by atoms with Gasteiger partial charge in [0.25, 0.3) is 0 Å². The van der Waals surface area contributed by atoms with Crippen molar-refractivity contribution in [2.24, 2.45) is 17.4 Å². The Labute approximate surface area is 208 Å². The Hall–Kier alpha value is -3.71. The number of aliphatic carboxylic acids is 1. The molecule has 0 aliphatic carbocycles. The number of nitrogens with one attached hydrogen (secondary N) is 3. The van der Waals surface area contributed by atoms with Gasteiger partial charge in [-0.25, -0.2) is 4.79 Å². The van der Waals surface area contributed by atoms with Crippen molar-refractivity contribution in [3.05, 3.63) is 29.8 Å². The molecule has 0 aliphatic heterocycles. The summed E-state index contributed by atoms with van der Waals surface area (Å²) in [5.41, 5.74) is 11.6. The van der Waals surface area contributed by atoms with E-state index >= 15 is 0 Å². The molecule has 0 saturated heterocycles. The van der Waals surface area contributed by atoms with Gasteiger partial charge in [0.15, 0.2) is 0 Å². The van der Waals surface area contributed by atoms with Crippen LogP contribution < -0.4 is 27.4 Å². The first kappa shape index (κ1) is 30.3. The van der Waals surface area contributed by atoms with Crippen molar-refractivity contribution < 1.29 is 39.3 Å². The minimum Gasteiger partial charge on any atom is -0.508 e. The fourth-order valence-electron chi connectivity index (χ4n) is 3.26. The van der Waals surface area contributed by atoms with Gasteiger partial charge in [0.1, 0.15) is 23.9 Å². The maximum atomic E-state index is 13.1. The first-order valence-corrected chi connectivity index (χ1v) is 11.4. The molecular weight excluding hydrogens is 474 g/mol. The molecule has 10 N–H and O–H groups in total. The van der Waals surface area contributed by atoms with Crippen molar-refractivity contribution in [2.45, 2.75) is 63.7 Å². The number of rotatable bonds is 15. The van der Waals surface area contributed by atoms with E-state index in [0.717, 1.165) is 0 Å². The highest BCUT2D eigenvalue weighted by molar-refractivity contribution is 5.94. The molecule has 4 amide bonds. The average Bonchev–Trinajstić information content (AvgIpc) is 2.79. The lowest BCUT2D eigenvalue weighted by Gasteiger charge is -2.25. The van der Waals surface area contributed by atoms with Crippen LogP contribution in [-0.2, 0) is 30.4 Å². The molecule has 0 fully saturated rings. The molecule has 1 aromatic rings. The van der Waals surface area contributed by atoms with Crippen molar-refractivity contribution in [1.29, 1.82) is 0 Å². The fourth-order valence-corrected chi connectivity index (χ4v) is 3.26. The molecule has 4 unspecified atom stereocenters. The van der Waals surface area contributed by atoms with E-state index < -0.39 is 60.4 Å². The van der Waals surface area contributed by atoms with Gasteiger partial charge in [0.2, 0.25) is 23.6 Å². The second kappa shape index (κ2) is 14.6. The first-order chi connectivity index (χ1) is 16.8. The summed E-state index contributed by atoms with van der Waals surface area (Å²) in [5.74, 6) is -4.47. The van der Waals surface area contributed by atoms with Crippen molar-refractivity contribution in [1.82, 2.24) is 16.0 Å². The summed E-state index contributed by atoms with van der Waals surface area (Å²) < 4.78 is 0. The standard InChI is InChI=1S/C23H35N5O8/c1-12(2)9-15(24)20(32)26-16(7-8-19(25)31)21(33)27-17(10-13-3-5-14(30)6-4-13)22(34)28-18(11-29)23(35)36/h3-6,12,15-18,29-30H,7-11,24H2,1-2H3,(H2,25,31)(H,26,32)(H,27,33)(H,28,34)(H,35,36). The zero-order valence-corrected chi connectivity index (χ0v) is 20.3. The Morgan fingerprint density at radius 3 is 1.92 bits per heavy atom. The molecule has 13 nitrogen and oxygen atoms in total. The van der Waals surface area contributed by atoms with E-state index in [9.17, 15) is 34.2 Å². The molecule has 0 spiro atoms. The number of aliphatic hydroxyl groups excluding tert-OH is 1. The van der Waals surface area contributed by atoms with Crippen LogP contribution in [0.2, 0.25) is 0 Å². The number of carboxylic acids is 1. The SMILES string of the molecule is CC(C)CC(N)C(=O)NC(CCC(N)=O)C(=O)NC(Cc1ccc(O)cc1)C(=O)NC(CO)C(=O)O. The van der Waals surface area contributed by atoms with Crippen LogP contribution in [0, 0.1) is 5.92 Å². The number of aromatic hydroxyl groups is 1. The van der Waals surface area contributed by atoms with E-state index in [1.165, 1.54) is 24.3 Å². The van der Waals surface area contributed by atoms with E-state index in [4.69, 9.17) is 16.6 Å². The van der Waals surface area contributed by atoms with E-state index in [1.807, 2.05) is 13.8 Å². The second-order valence-electron chi connectivity index (χ2n) is 8.82. The highest BCUT2D eigenvalue weighted by Gasteiger charge is 2.30. The Bertz CT molecular complexity index is 922. The van der Waals surface area contributed by atoms with Crippen molar-refractivity contribution >= 4 is 29.6 Å². The number of aliphatic hydroxyl groups is 1. The van der Waals surface area contributed by atoms with Gasteiger partial charge >= 0.3 is 5.97 Å². The molecule has 4 atom stereocenters. The van der Waals surface area contributed by atoms with E-state index in [-0.39, 0.29) is 30.9 Å². The number of phenols is 1. The van der Waals surface area contributed by atoms with Crippen LogP contribution >= 0.6 is 0 Å². The Morgan fingerprint density at radius 2 is 1.42 bits per heavy atom. The van der Waals surface area contributed by atoms with Crippen molar-refractivity contribution in [2.75, 3.05) is 6.61 Å². The van der Waals surface area contributed by atoms with Crippen LogP contribution in [-0.4, -0.2) is 75.7 Å². The fraction of sp³-hybridized carbons (Fsp3) is 0.522. The number of carboxylic acid groups (broad SMARTS) is 1. The van der Waals surface area contributed by atoms with Crippen molar-refractivity contribution in [3.8, 4) is 5.75 Å². The van der Waals surface area contributed by atoms with Gasteiger partial charge in [-0.05, 0) is 36.5 Å².